The average Bonchev–Trinajstić information content (AvgIpc) is 2.46. The van der Waals surface area contributed by atoms with Crippen molar-refractivity contribution in [1.29, 1.82) is 0 Å². The van der Waals surface area contributed by atoms with E-state index >= 15 is 0 Å². The molecular formula is C16H17N3O3. The number of aromatic nitrogens is 1. The summed E-state index contributed by atoms with van der Waals surface area (Å²) in [6.45, 7) is 3.78. The summed E-state index contributed by atoms with van der Waals surface area (Å²) in [4.78, 5) is 16.8. The third kappa shape index (κ3) is 2.32. The van der Waals surface area contributed by atoms with Gasteiger partial charge in [-0.25, -0.2) is 4.98 Å². The summed E-state index contributed by atoms with van der Waals surface area (Å²) >= 11 is 0. The summed E-state index contributed by atoms with van der Waals surface area (Å²) in [5.74, 6) is 0.806. The van der Waals surface area contributed by atoms with Gasteiger partial charge in [-0.1, -0.05) is 6.07 Å². The molecule has 1 amide bonds. The van der Waals surface area contributed by atoms with E-state index in [1.54, 1.807) is 12.1 Å². The molecule has 1 aliphatic rings. The molecule has 1 atom stereocenters. The Bertz CT molecular complexity index is 759. The Labute approximate surface area is 128 Å². The average molecular weight is 299 g/mol. The first-order chi connectivity index (χ1) is 10.5. The van der Waals surface area contributed by atoms with E-state index in [2.05, 4.69) is 15.6 Å². The maximum absolute atomic E-state index is 12.4. The topological polar surface area (TPSA) is 83.5 Å². The number of phenolic OH excluding ortho intramolecular Hbond substituents is 1. The Morgan fingerprint density at radius 2 is 2.00 bits per heavy atom. The van der Waals surface area contributed by atoms with Crippen LogP contribution in [0.5, 0.6) is 11.5 Å². The fourth-order valence-corrected chi connectivity index (χ4v) is 2.64. The van der Waals surface area contributed by atoms with Gasteiger partial charge >= 0.3 is 0 Å². The van der Waals surface area contributed by atoms with E-state index in [0.29, 0.717) is 17.1 Å². The van der Waals surface area contributed by atoms with Crippen LogP contribution in [0.2, 0.25) is 0 Å². The number of benzene rings is 1. The van der Waals surface area contributed by atoms with Crippen molar-refractivity contribution in [3.05, 3.63) is 46.6 Å². The van der Waals surface area contributed by atoms with Crippen LogP contribution in [0.1, 0.15) is 33.3 Å². The van der Waals surface area contributed by atoms with E-state index in [-0.39, 0.29) is 11.7 Å². The van der Waals surface area contributed by atoms with E-state index in [9.17, 15) is 9.90 Å². The summed E-state index contributed by atoms with van der Waals surface area (Å²) in [6.07, 6.45) is -0.428. The minimum Gasteiger partial charge on any atom is -0.504 e. The molecule has 22 heavy (non-hydrogen) atoms. The highest BCUT2D eigenvalue weighted by atomic mass is 16.5. The molecule has 3 rings (SSSR count). The van der Waals surface area contributed by atoms with E-state index in [1.165, 1.54) is 13.2 Å². The van der Waals surface area contributed by atoms with Gasteiger partial charge in [0.05, 0.1) is 12.7 Å². The van der Waals surface area contributed by atoms with Crippen LogP contribution in [0.4, 0.5) is 5.82 Å². The van der Waals surface area contributed by atoms with Crippen molar-refractivity contribution in [2.45, 2.75) is 20.0 Å². The zero-order chi connectivity index (χ0) is 15.9. The smallest absolute Gasteiger partial charge is 0.257 e. The molecule has 6 heteroatoms. The molecule has 0 bridgehead atoms. The molecule has 0 spiro atoms. The lowest BCUT2D eigenvalue weighted by Gasteiger charge is -2.28. The number of nitrogens with zero attached hydrogens (tertiary/aromatic N) is 1. The van der Waals surface area contributed by atoms with Crippen LogP contribution in [0.25, 0.3) is 0 Å². The summed E-state index contributed by atoms with van der Waals surface area (Å²) in [6, 6.07) is 6.82. The number of nitrogens with one attached hydrogen (secondary N) is 2. The van der Waals surface area contributed by atoms with Crippen molar-refractivity contribution in [2.75, 3.05) is 12.4 Å². The lowest BCUT2D eigenvalue weighted by atomic mass is 10.0. The summed E-state index contributed by atoms with van der Waals surface area (Å²) < 4.78 is 5.10. The number of pyridine rings is 1. The first kappa shape index (κ1) is 14.2. The quantitative estimate of drug-likeness (QED) is 0.792. The Kier molecular flexibility index (Phi) is 3.36. The van der Waals surface area contributed by atoms with Gasteiger partial charge in [0.2, 0.25) is 0 Å². The van der Waals surface area contributed by atoms with Gasteiger partial charge in [-0.2, -0.15) is 0 Å². The first-order valence-electron chi connectivity index (χ1n) is 6.92. The van der Waals surface area contributed by atoms with Crippen LogP contribution in [0, 0.1) is 13.8 Å². The van der Waals surface area contributed by atoms with Crippen LogP contribution in [-0.2, 0) is 0 Å². The molecule has 1 aromatic heterocycles. The maximum Gasteiger partial charge on any atom is 0.257 e. The Balaban J connectivity index is 2.00. The number of carbonyl (C=O) groups excluding carboxylic acids is 1. The Hall–Kier alpha value is -2.76. The molecule has 2 heterocycles. The van der Waals surface area contributed by atoms with Crippen LogP contribution in [0.3, 0.4) is 0 Å². The molecule has 114 valence electrons. The number of fused-ring (bicyclic) bond motifs is 1. The lowest BCUT2D eigenvalue weighted by molar-refractivity contribution is 0.0934. The van der Waals surface area contributed by atoms with Gasteiger partial charge in [0.15, 0.2) is 11.5 Å². The fourth-order valence-electron chi connectivity index (χ4n) is 2.64. The third-order valence-electron chi connectivity index (χ3n) is 3.67. The number of anilines is 1. The monoisotopic (exact) mass is 299 g/mol. The molecule has 0 radical (unpaired) electrons. The number of ether oxygens (including phenoxy) is 1. The van der Waals surface area contributed by atoms with E-state index < -0.39 is 6.17 Å². The number of phenols is 1. The van der Waals surface area contributed by atoms with Gasteiger partial charge in [-0.05, 0) is 43.2 Å². The molecule has 0 saturated heterocycles. The number of carbonyl (C=O) groups is 1. The fraction of sp³-hybridized carbons (Fsp3) is 0.250. The Morgan fingerprint density at radius 1 is 1.23 bits per heavy atom. The minimum absolute atomic E-state index is 0.0543. The molecule has 0 aliphatic carbocycles. The molecule has 0 saturated carbocycles. The van der Waals surface area contributed by atoms with Gasteiger partial charge in [0, 0.05) is 5.69 Å². The summed E-state index contributed by atoms with van der Waals surface area (Å²) in [5.41, 5.74) is 3.07. The van der Waals surface area contributed by atoms with Gasteiger partial charge in [0.25, 0.3) is 5.91 Å². The molecule has 1 unspecified atom stereocenters. The predicted octanol–water partition coefficient (Wildman–Crippen LogP) is 2.27. The van der Waals surface area contributed by atoms with Crippen molar-refractivity contribution in [3.63, 3.8) is 0 Å². The number of aryl methyl sites for hydroxylation is 2. The van der Waals surface area contributed by atoms with E-state index in [0.717, 1.165) is 16.8 Å². The second kappa shape index (κ2) is 5.22. The molecule has 6 nitrogen and oxygen atoms in total. The van der Waals surface area contributed by atoms with E-state index in [1.807, 2.05) is 19.9 Å². The third-order valence-corrected chi connectivity index (χ3v) is 3.67. The summed E-state index contributed by atoms with van der Waals surface area (Å²) in [7, 11) is 1.48. The van der Waals surface area contributed by atoms with E-state index in [4.69, 9.17) is 4.74 Å². The standard InChI is InChI=1S/C16H17N3O3/c1-8-6-9(2)17-15-13(8)16(21)19-14(18-15)10-4-5-11(20)12(7-10)22-3/h4-7,14,20H,1-3H3,(H,17,18)(H,19,21). The number of methoxy groups -OCH3 is 1. The Morgan fingerprint density at radius 3 is 2.73 bits per heavy atom. The highest BCUT2D eigenvalue weighted by Crippen LogP contribution is 2.32. The largest absolute Gasteiger partial charge is 0.504 e. The highest BCUT2D eigenvalue weighted by molar-refractivity contribution is 6.02. The van der Waals surface area contributed by atoms with Gasteiger partial charge in [0.1, 0.15) is 12.0 Å². The predicted molar refractivity (Wildman–Crippen MR) is 82.2 cm³/mol. The summed E-state index contributed by atoms with van der Waals surface area (Å²) in [5, 5.41) is 15.8. The van der Waals surface area contributed by atoms with Gasteiger partial charge < -0.3 is 20.5 Å². The number of hydrogen-bond donors (Lipinski definition) is 3. The van der Waals surface area contributed by atoms with Crippen molar-refractivity contribution >= 4 is 11.7 Å². The van der Waals surface area contributed by atoms with Crippen molar-refractivity contribution < 1.29 is 14.6 Å². The number of rotatable bonds is 2. The molecule has 1 aliphatic heterocycles. The molecule has 3 N–H and O–H groups in total. The van der Waals surface area contributed by atoms with Gasteiger partial charge in [-0.15, -0.1) is 0 Å². The molecule has 2 aromatic rings. The van der Waals surface area contributed by atoms with Crippen LogP contribution in [0.15, 0.2) is 24.3 Å². The molecular weight excluding hydrogens is 282 g/mol. The minimum atomic E-state index is -0.428. The first-order valence-corrected chi connectivity index (χ1v) is 6.92. The number of amides is 1. The van der Waals surface area contributed by atoms with Crippen molar-refractivity contribution in [3.8, 4) is 11.5 Å². The zero-order valence-corrected chi connectivity index (χ0v) is 12.6. The molecule has 1 aromatic carbocycles. The second-order valence-corrected chi connectivity index (χ2v) is 5.29. The molecule has 0 fully saturated rings. The van der Waals surface area contributed by atoms with Crippen LogP contribution in [-0.4, -0.2) is 23.1 Å². The zero-order valence-electron chi connectivity index (χ0n) is 12.6. The highest BCUT2D eigenvalue weighted by Gasteiger charge is 2.27. The second-order valence-electron chi connectivity index (χ2n) is 5.29. The van der Waals surface area contributed by atoms with Crippen molar-refractivity contribution in [2.24, 2.45) is 0 Å². The SMILES string of the molecule is COc1cc(C2NC(=O)c3c(C)cc(C)nc3N2)ccc1O. The van der Waals surface area contributed by atoms with Crippen molar-refractivity contribution in [1.82, 2.24) is 10.3 Å². The van der Waals surface area contributed by atoms with Crippen LogP contribution < -0.4 is 15.4 Å². The normalized spacial score (nSPS) is 16.5. The maximum atomic E-state index is 12.4. The number of hydrogen-bond acceptors (Lipinski definition) is 5. The lowest BCUT2D eigenvalue weighted by Crippen LogP contribution is -2.39. The van der Waals surface area contributed by atoms with Crippen LogP contribution >= 0.6 is 0 Å². The number of aromatic hydroxyl groups is 1. The van der Waals surface area contributed by atoms with Gasteiger partial charge in [-0.3, -0.25) is 4.79 Å².